The van der Waals surface area contributed by atoms with Crippen molar-refractivity contribution in [1.82, 2.24) is 9.55 Å². The maximum absolute atomic E-state index is 13.0. The highest BCUT2D eigenvalue weighted by Gasteiger charge is 2.31. The number of rotatable bonds is 6. The van der Waals surface area contributed by atoms with Crippen molar-refractivity contribution >= 4 is 11.0 Å². The maximum atomic E-state index is 13.0. The van der Waals surface area contributed by atoms with Gasteiger partial charge in [-0.25, -0.2) is 4.98 Å². The number of hydrogen-bond donors (Lipinski definition) is 0. The van der Waals surface area contributed by atoms with Crippen LogP contribution in [0.4, 0.5) is 13.2 Å². The molecule has 0 bridgehead atoms. The summed E-state index contributed by atoms with van der Waals surface area (Å²) in [4.78, 5) is 4.48. The SMILES string of the molecule is CCOCCCn1c(-c2ccccc2)nc2cc(C(F)(F)F)ccc21. The molecule has 132 valence electrons. The van der Waals surface area contributed by atoms with Gasteiger partial charge in [-0.15, -0.1) is 0 Å². The van der Waals surface area contributed by atoms with Gasteiger partial charge in [0.15, 0.2) is 0 Å². The molecule has 3 rings (SSSR count). The topological polar surface area (TPSA) is 27.1 Å². The van der Waals surface area contributed by atoms with Gasteiger partial charge < -0.3 is 9.30 Å². The zero-order chi connectivity index (χ0) is 17.9. The molecule has 0 aliphatic heterocycles. The highest BCUT2D eigenvalue weighted by Crippen LogP contribution is 2.33. The van der Waals surface area contributed by atoms with Crippen LogP contribution in [0.15, 0.2) is 48.5 Å². The molecular weight excluding hydrogens is 329 g/mol. The van der Waals surface area contributed by atoms with Crippen molar-refractivity contribution in [2.24, 2.45) is 0 Å². The molecule has 0 radical (unpaired) electrons. The highest BCUT2D eigenvalue weighted by molar-refractivity contribution is 5.81. The van der Waals surface area contributed by atoms with E-state index in [-0.39, 0.29) is 0 Å². The number of imidazole rings is 1. The van der Waals surface area contributed by atoms with Crippen LogP contribution in [0.3, 0.4) is 0 Å². The van der Waals surface area contributed by atoms with Gasteiger partial charge in [0, 0.05) is 25.3 Å². The Hall–Kier alpha value is -2.34. The van der Waals surface area contributed by atoms with Gasteiger partial charge in [-0.05, 0) is 31.5 Å². The van der Waals surface area contributed by atoms with Crippen LogP contribution >= 0.6 is 0 Å². The van der Waals surface area contributed by atoms with Gasteiger partial charge in [0.25, 0.3) is 0 Å². The fourth-order valence-corrected chi connectivity index (χ4v) is 2.81. The van der Waals surface area contributed by atoms with Gasteiger partial charge in [-0.1, -0.05) is 30.3 Å². The standard InChI is InChI=1S/C19H19F3N2O/c1-2-25-12-6-11-24-17-10-9-15(19(20,21)22)13-16(17)23-18(24)14-7-4-3-5-8-14/h3-5,7-10,13H,2,6,11-12H2,1H3. The van der Waals surface area contributed by atoms with E-state index in [9.17, 15) is 13.2 Å². The number of hydrogen-bond acceptors (Lipinski definition) is 2. The number of benzene rings is 2. The molecule has 3 nitrogen and oxygen atoms in total. The van der Waals surface area contributed by atoms with Crippen molar-refractivity contribution in [3.63, 3.8) is 0 Å². The first-order chi connectivity index (χ1) is 12.0. The van der Waals surface area contributed by atoms with Crippen LogP contribution in [0.5, 0.6) is 0 Å². The second-order valence-corrected chi connectivity index (χ2v) is 5.70. The van der Waals surface area contributed by atoms with Crippen LogP contribution in [0.25, 0.3) is 22.4 Å². The van der Waals surface area contributed by atoms with Crippen LogP contribution in [0, 0.1) is 0 Å². The normalized spacial score (nSPS) is 12.0. The Balaban J connectivity index is 2.05. The summed E-state index contributed by atoms with van der Waals surface area (Å²) in [6.07, 6.45) is -3.61. The molecule has 0 fully saturated rings. The Kier molecular flexibility index (Phi) is 5.08. The molecule has 3 aromatic rings. The van der Waals surface area contributed by atoms with E-state index in [0.717, 1.165) is 24.1 Å². The van der Waals surface area contributed by atoms with Gasteiger partial charge in [0.1, 0.15) is 5.82 Å². The van der Waals surface area contributed by atoms with Gasteiger partial charge >= 0.3 is 6.18 Å². The lowest BCUT2D eigenvalue weighted by Gasteiger charge is -2.10. The quantitative estimate of drug-likeness (QED) is 0.576. The van der Waals surface area contributed by atoms with Crippen molar-refractivity contribution in [2.45, 2.75) is 26.1 Å². The Morgan fingerprint density at radius 1 is 1.08 bits per heavy atom. The second-order valence-electron chi connectivity index (χ2n) is 5.70. The Morgan fingerprint density at radius 2 is 1.84 bits per heavy atom. The highest BCUT2D eigenvalue weighted by atomic mass is 19.4. The lowest BCUT2D eigenvalue weighted by Crippen LogP contribution is -2.06. The third-order valence-electron chi connectivity index (χ3n) is 3.98. The Bertz CT molecular complexity index is 841. The lowest BCUT2D eigenvalue weighted by atomic mass is 10.2. The molecule has 0 amide bonds. The Morgan fingerprint density at radius 3 is 2.52 bits per heavy atom. The average Bonchev–Trinajstić information content (AvgIpc) is 2.96. The molecule has 0 saturated carbocycles. The largest absolute Gasteiger partial charge is 0.416 e. The summed E-state index contributed by atoms with van der Waals surface area (Å²) in [6.45, 7) is 3.81. The lowest BCUT2D eigenvalue weighted by molar-refractivity contribution is -0.137. The number of nitrogens with zero attached hydrogens (tertiary/aromatic N) is 2. The maximum Gasteiger partial charge on any atom is 0.416 e. The molecule has 0 atom stereocenters. The van der Waals surface area contributed by atoms with E-state index in [4.69, 9.17) is 4.74 Å². The van der Waals surface area contributed by atoms with Crippen LogP contribution in [-0.4, -0.2) is 22.8 Å². The average molecular weight is 348 g/mol. The van der Waals surface area contributed by atoms with Crippen LogP contribution in [0.1, 0.15) is 18.9 Å². The molecular formula is C19H19F3N2O. The number of ether oxygens (including phenoxy) is 1. The second kappa shape index (κ2) is 7.27. The van der Waals surface area contributed by atoms with E-state index in [1.807, 2.05) is 41.8 Å². The molecule has 2 aromatic carbocycles. The van der Waals surface area contributed by atoms with Crippen molar-refractivity contribution in [3.05, 3.63) is 54.1 Å². The first-order valence-electron chi connectivity index (χ1n) is 8.21. The monoisotopic (exact) mass is 348 g/mol. The number of alkyl halides is 3. The third kappa shape index (κ3) is 3.85. The van der Waals surface area contributed by atoms with E-state index in [1.165, 1.54) is 6.07 Å². The number of aromatic nitrogens is 2. The van der Waals surface area contributed by atoms with Crippen LogP contribution in [-0.2, 0) is 17.5 Å². The number of halogens is 3. The fraction of sp³-hybridized carbons (Fsp3) is 0.316. The van der Waals surface area contributed by atoms with E-state index in [1.54, 1.807) is 0 Å². The molecule has 0 unspecified atom stereocenters. The molecule has 0 aliphatic carbocycles. The van der Waals surface area contributed by atoms with Gasteiger partial charge in [0.2, 0.25) is 0 Å². The van der Waals surface area contributed by atoms with Crippen molar-refractivity contribution in [1.29, 1.82) is 0 Å². The first-order valence-corrected chi connectivity index (χ1v) is 8.21. The fourth-order valence-electron chi connectivity index (χ4n) is 2.81. The minimum absolute atomic E-state index is 0.352. The summed E-state index contributed by atoms with van der Waals surface area (Å²) in [5.41, 5.74) is 1.25. The van der Waals surface area contributed by atoms with Gasteiger partial charge in [-0.3, -0.25) is 0 Å². The Labute approximate surface area is 144 Å². The van der Waals surface area contributed by atoms with Gasteiger partial charge in [0.05, 0.1) is 16.6 Å². The zero-order valence-electron chi connectivity index (χ0n) is 13.9. The summed E-state index contributed by atoms with van der Waals surface area (Å²) in [6, 6.07) is 13.2. The first kappa shape index (κ1) is 17.5. The van der Waals surface area contributed by atoms with Crippen molar-refractivity contribution < 1.29 is 17.9 Å². The summed E-state index contributed by atoms with van der Waals surface area (Å²) in [5.74, 6) is 0.673. The van der Waals surface area contributed by atoms with E-state index >= 15 is 0 Å². The molecule has 0 N–H and O–H groups in total. The molecule has 0 saturated heterocycles. The summed E-state index contributed by atoms with van der Waals surface area (Å²) >= 11 is 0. The van der Waals surface area contributed by atoms with Crippen LogP contribution < -0.4 is 0 Å². The summed E-state index contributed by atoms with van der Waals surface area (Å²) < 4.78 is 46.3. The number of fused-ring (bicyclic) bond motifs is 1. The predicted octanol–water partition coefficient (Wildman–Crippen LogP) is 5.15. The van der Waals surface area contributed by atoms with E-state index < -0.39 is 11.7 Å². The predicted molar refractivity (Wildman–Crippen MR) is 91.3 cm³/mol. The minimum atomic E-state index is -4.38. The molecule has 1 heterocycles. The van der Waals surface area contributed by atoms with Crippen LogP contribution in [0.2, 0.25) is 0 Å². The minimum Gasteiger partial charge on any atom is -0.382 e. The molecule has 0 spiro atoms. The molecule has 6 heteroatoms. The van der Waals surface area contributed by atoms with Gasteiger partial charge in [-0.2, -0.15) is 13.2 Å². The van der Waals surface area contributed by atoms with Crippen molar-refractivity contribution in [2.75, 3.05) is 13.2 Å². The molecule has 0 aliphatic rings. The molecule has 25 heavy (non-hydrogen) atoms. The molecule has 1 aromatic heterocycles. The van der Waals surface area contributed by atoms with E-state index in [2.05, 4.69) is 4.98 Å². The zero-order valence-corrected chi connectivity index (χ0v) is 13.9. The third-order valence-corrected chi connectivity index (χ3v) is 3.98. The van der Waals surface area contributed by atoms with Crippen molar-refractivity contribution in [3.8, 4) is 11.4 Å². The summed E-state index contributed by atoms with van der Waals surface area (Å²) in [5, 5.41) is 0. The summed E-state index contributed by atoms with van der Waals surface area (Å²) in [7, 11) is 0. The van der Waals surface area contributed by atoms with E-state index in [0.29, 0.717) is 36.6 Å². The smallest absolute Gasteiger partial charge is 0.382 e. The number of aryl methyl sites for hydroxylation is 1.